The average molecular weight is 456 g/mol. The second kappa shape index (κ2) is 9.40. The third-order valence-corrected chi connectivity index (χ3v) is 5.78. The van der Waals surface area contributed by atoms with Crippen LogP contribution >= 0.6 is 11.6 Å². The maximum atomic E-state index is 14.1. The van der Waals surface area contributed by atoms with Crippen LogP contribution in [0.3, 0.4) is 0 Å². The topological polar surface area (TPSA) is 70.5 Å². The first-order valence-electron chi connectivity index (χ1n) is 10.3. The molecule has 1 aliphatic rings. The zero-order valence-electron chi connectivity index (χ0n) is 17.6. The van der Waals surface area contributed by atoms with Crippen molar-refractivity contribution in [2.75, 3.05) is 37.6 Å². The summed E-state index contributed by atoms with van der Waals surface area (Å²) >= 11 is 6.06. The van der Waals surface area contributed by atoms with Gasteiger partial charge in [0, 0.05) is 36.9 Å². The lowest BCUT2D eigenvalue weighted by atomic mass is 10.2. The summed E-state index contributed by atoms with van der Waals surface area (Å²) in [6.07, 6.45) is 1.38. The molecule has 1 aromatic heterocycles. The highest BCUT2D eigenvalue weighted by atomic mass is 35.5. The van der Waals surface area contributed by atoms with Crippen molar-refractivity contribution in [2.24, 2.45) is 0 Å². The third kappa shape index (κ3) is 4.60. The highest BCUT2D eigenvalue weighted by Gasteiger charge is 2.23. The van der Waals surface area contributed by atoms with Crippen molar-refractivity contribution in [1.29, 1.82) is 0 Å². The Morgan fingerprint density at radius 1 is 1.09 bits per heavy atom. The molecular formula is C23H23ClFN5O2. The molecule has 9 heteroatoms. The van der Waals surface area contributed by atoms with Gasteiger partial charge in [-0.05, 0) is 37.3 Å². The van der Waals surface area contributed by atoms with Crippen LogP contribution in [-0.4, -0.2) is 59.2 Å². The van der Waals surface area contributed by atoms with Crippen molar-refractivity contribution in [3.8, 4) is 5.69 Å². The Morgan fingerprint density at radius 3 is 2.56 bits per heavy atom. The molecule has 1 N–H and O–H groups in total. The van der Waals surface area contributed by atoms with Crippen LogP contribution in [-0.2, 0) is 4.79 Å². The molecule has 0 saturated carbocycles. The minimum absolute atomic E-state index is 0.111. The van der Waals surface area contributed by atoms with E-state index in [4.69, 9.17) is 11.6 Å². The van der Waals surface area contributed by atoms with Crippen molar-refractivity contribution in [2.45, 2.75) is 6.92 Å². The first kappa shape index (κ1) is 21.8. The maximum absolute atomic E-state index is 14.1. The average Bonchev–Trinajstić information content (AvgIpc) is 3.19. The Hall–Kier alpha value is -3.39. The van der Waals surface area contributed by atoms with Crippen molar-refractivity contribution in [3.05, 3.63) is 76.8 Å². The molecule has 0 bridgehead atoms. The summed E-state index contributed by atoms with van der Waals surface area (Å²) in [5.74, 6) is -1.00. The molecule has 166 valence electrons. The number of aromatic nitrogens is 2. The van der Waals surface area contributed by atoms with Crippen LogP contribution in [0.1, 0.15) is 16.1 Å². The zero-order chi connectivity index (χ0) is 22.7. The van der Waals surface area contributed by atoms with E-state index in [0.29, 0.717) is 42.5 Å². The number of anilines is 1. The van der Waals surface area contributed by atoms with Gasteiger partial charge >= 0.3 is 0 Å². The van der Waals surface area contributed by atoms with Crippen LogP contribution in [0, 0.1) is 12.7 Å². The number of benzene rings is 2. The predicted molar refractivity (Wildman–Crippen MR) is 121 cm³/mol. The van der Waals surface area contributed by atoms with Gasteiger partial charge < -0.3 is 15.1 Å². The number of piperazine rings is 1. The van der Waals surface area contributed by atoms with Gasteiger partial charge in [-0.2, -0.15) is 5.10 Å². The van der Waals surface area contributed by atoms with Crippen LogP contribution in [0.15, 0.2) is 54.7 Å². The van der Waals surface area contributed by atoms with Gasteiger partial charge in [0.15, 0.2) is 0 Å². The number of nitrogens with one attached hydrogen (secondary N) is 1. The number of hydrogen-bond donors (Lipinski definition) is 1. The van der Waals surface area contributed by atoms with Gasteiger partial charge in [0.2, 0.25) is 5.91 Å². The minimum Gasteiger partial charge on any atom is -0.368 e. The Morgan fingerprint density at radius 2 is 1.84 bits per heavy atom. The highest BCUT2D eigenvalue weighted by molar-refractivity contribution is 6.30. The van der Waals surface area contributed by atoms with Gasteiger partial charge in [0.05, 0.1) is 24.0 Å². The number of carbonyl (C=O) groups excluding carboxylic acids is 2. The quantitative estimate of drug-likeness (QED) is 0.642. The predicted octanol–water partition coefficient (Wildman–Crippen LogP) is 3.05. The van der Waals surface area contributed by atoms with Crippen LogP contribution in [0.2, 0.25) is 5.02 Å². The van der Waals surface area contributed by atoms with E-state index < -0.39 is 11.7 Å². The van der Waals surface area contributed by atoms with E-state index in [9.17, 15) is 14.0 Å². The summed E-state index contributed by atoms with van der Waals surface area (Å²) < 4.78 is 15.4. The first-order valence-corrected chi connectivity index (χ1v) is 10.7. The van der Waals surface area contributed by atoms with Crippen molar-refractivity contribution < 1.29 is 14.0 Å². The lowest BCUT2D eigenvalue weighted by Gasteiger charge is -2.36. The van der Waals surface area contributed by atoms with E-state index in [1.165, 1.54) is 16.9 Å². The smallest absolute Gasteiger partial charge is 0.255 e. The standard InChI is InChI=1S/C23H23ClFN5O2/c1-16-19(14-27-30(16)21-8-3-2-7-20(21)25)23(32)26-15-22(31)29-11-9-28(10-12-29)18-6-4-5-17(24)13-18/h2-8,13-14H,9-12,15H2,1H3,(H,26,32). The fraction of sp³-hybridized carbons (Fsp3) is 0.261. The number of para-hydroxylation sites is 1. The Bertz CT molecular complexity index is 1140. The Balaban J connectivity index is 1.32. The SMILES string of the molecule is Cc1c(C(=O)NCC(=O)N2CCN(c3cccc(Cl)c3)CC2)cnn1-c1ccccc1F. The van der Waals surface area contributed by atoms with E-state index in [0.717, 1.165) is 5.69 Å². The minimum atomic E-state index is -0.433. The van der Waals surface area contributed by atoms with E-state index in [1.54, 1.807) is 30.0 Å². The number of carbonyl (C=O) groups is 2. The second-order valence-electron chi connectivity index (χ2n) is 7.54. The van der Waals surface area contributed by atoms with E-state index in [1.807, 2.05) is 24.3 Å². The molecule has 0 unspecified atom stereocenters. The van der Waals surface area contributed by atoms with Gasteiger partial charge in [0.1, 0.15) is 11.5 Å². The lowest BCUT2D eigenvalue weighted by molar-refractivity contribution is -0.130. The zero-order valence-corrected chi connectivity index (χ0v) is 18.3. The van der Waals surface area contributed by atoms with Gasteiger partial charge in [-0.25, -0.2) is 9.07 Å². The molecule has 0 atom stereocenters. The van der Waals surface area contributed by atoms with Crippen LogP contribution < -0.4 is 10.2 Å². The van der Waals surface area contributed by atoms with Gasteiger partial charge in [-0.3, -0.25) is 9.59 Å². The second-order valence-corrected chi connectivity index (χ2v) is 7.97. The summed E-state index contributed by atoms with van der Waals surface area (Å²) in [4.78, 5) is 29.1. The molecule has 0 spiro atoms. The maximum Gasteiger partial charge on any atom is 0.255 e. The molecular weight excluding hydrogens is 433 g/mol. The normalized spacial score (nSPS) is 13.8. The third-order valence-electron chi connectivity index (χ3n) is 5.54. The van der Waals surface area contributed by atoms with Crippen LogP contribution in [0.5, 0.6) is 0 Å². The fourth-order valence-electron chi connectivity index (χ4n) is 3.75. The monoisotopic (exact) mass is 455 g/mol. The lowest BCUT2D eigenvalue weighted by Crippen LogP contribution is -2.51. The first-order chi connectivity index (χ1) is 15.4. The van der Waals surface area contributed by atoms with Gasteiger partial charge in [-0.1, -0.05) is 29.8 Å². The molecule has 1 fully saturated rings. The molecule has 0 radical (unpaired) electrons. The molecule has 32 heavy (non-hydrogen) atoms. The number of hydrogen-bond acceptors (Lipinski definition) is 4. The largest absolute Gasteiger partial charge is 0.368 e. The number of amides is 2. The molecule has 2 heterocycles. The fourth-order valence-corrected chi connectivity index (χ4v) is 3.93. The number of rotatable bonds is 5. The summed E-state index contributed by atoms with van der Waals surface area (Å²) in [6, 6.07) is 13.8. The summed E-state index contributed by atoms with van der Waals surface area (Å²) in [6.45, 7) is 4.07. The molecule has 2 aromatic carbocycles. The van der Waals surface area contributed by atoms with Crippen LogP contribution in [0.25, 0.3) is 5.69 Å². The summed E-state index contributed by atoms with van der Waals surface area (Å²) in [5.41, 5.74) is 2.08. The Kier molecular flexibility index (Phi) is 6.41. The molecule has 3 aromatic rings. The van der Waals surface area contributed by atoms with Gasteiger partial charge in [-0.15, -0.1) is 0 Å². The van der Waals surface area contributed by atoms with E-state index in [2.05, 4.69) is 15.3 Å². The van der Waals surface area contributed by atoms with Gasteiger partial charge in [0.25, 0.3) is 5.91 Å². The molecule has 0 aliphatic carbocycles. The van der Waals surface area contributed by atoms with Crippen molar-refractivity contribution in [1.82, 2.24) is 20.0 Å². The van der Waals surface area contributed by atoms with Crippen molar-refractivity contribution in [3.63, 3.8) is 0 Å². The molecule has 4 rings (SSSR count). The molecule has 2 amide bonds. The van der Waals surface area contributed by atoms with E-state index in [-0.39, 0.29) is 18.1 Å². The summed E-state index contributed by atoms with van der Waals surface area (Å²) in [5, 5.41) is 7.47. The van der Waals surface area contributed by atoms with Crippen LogP contribution in [0.4, 0.5) is 10.1 Å². The highest BCUT2D eigenvalue weighted by Crippen LogP contribution is 2.21. The molecule has 1 saturated heterocycles. The number of halogens is 2. The molecule has 1 aliphatic heterocycles. The summed E-state index contributed by atoms with van der Waals surface area (Å²) in [7, 11) is 0. The van der Waals surface area contributed by atoms with Crippen molar-refractivity contribution >= 4 is 29.1 Å². The van der Waals surface area contributed by atoms with E-state index >= 15 is 0 Å². The Labute approximate surface area is 190 Å². The molecule has 7 nitrogen and oxygen atoms in total. The number of nitrogens with zero attached hydrogens (tertiary/aromatic N) is 4.